The minimum Gasteiger partial charge on any atom is -0.315 e. The minimum atomic E-state index is -0.250. The fourth-order valence-corrected chi connectivity index (χ4v) is 2.61. The number of anilines is 1. The normalized spacial score (nSPS) is 15.2. The highest BCUT2D eigenvalue weighted by Gasteiger charge is 2.11. The number of thiocyanates is 1. The van der Waals surface area contributed by atoms with E-state index in [-0.39, 0.29) is 6.03 Å². The number of urea groups is 1. The molecule has 4 nitrogen and oxygen atoms in total. The Labute approximate surface area is 123 Å². The summed E-state index contributed by atoms with van der Waals surface area (Å²) in [5.41, 5.74) is 0.707. The van der Waals surface area contributed by atoms with Crippen molar-refractivity contribution < 1.29 is 4.79 Å². The average Bonchev–Trinajstić information content (AvgIpc) is 2.94. The van der Waals surface area contributed by atoms with E-state index in [4.69, 9.17) is 5.26 Å². The Morgan fingerprint density at radius 3 is 2.65 bits per heavy atom. The zero-order valence-corrected chi connectivity index (χ0v) is 12.0. The van der Waals surface area contributed by atoms with Crippen LogP contribution in [0.2, 0.25) is 0 Å². The smallest absolute Gasteiger partial charge is 0.315 e. The molecule has 0 unspecified atom stereocenters. The summed E-state index contributed by atoms with van der Waals surface area (Å²) in [7, 11) is 0. The van der Waals surface area contributed by atoms with E-state index in [9.17, 15) is 4.79 Å². The second-order valence-corrected chi connectivity index (χ2v) is 5.58. The first-order valence-corrected chi connectivity index (χ1v) is 7.50. The minimum absolute atomic E-state index is 0.250. The summed E-state index contributed by atoms with van der Waals surface area (Å²) in [4.78, 5) is 12.5. The highest BCUT2D eigenvalue weighted by Crippen LogP contribution is 2.25. The molecule has 5 heteroatoms. The Bertz CT molecular complexity index is 513. The van der Waals surface area contributed by atoms with E-state index in [1.807, 2.05) is 5.40 Å². The average molecular weight is 287 g/mol. The van der Waals surface area contributed by atoms with E-state index in [1.54, 1.807) is 30.5 Å². The molecule has 0 aromatic heterocycles. The van der Waals surface area contributed by atoms with E-state index in [1.165, 1.54) is 25.7 Å². The van der Waals surface area contributed by atoms with Crippen LogP contribution in [0.1, 0.15) is 25.7 Å². The molecular weight excluding hydrogens is 270 g/mol. The van der Waals surface area contributed by atoms with Crippen LogP contribution in [0.5, 0.6) is 0 Å². The van der Waals surface area contributed by atoms with E-state index < -0.39 is 0 Å². The van der Waals surface area contributed by atoms with Crippen molar-refractivity contribution in [3.63, 3.8) is 0 Å². The van der Waals surface area contributed by atoms with Crippen LogP contribution in [0.3, 0.4) is 0 Å². The van der Waals surface area contributed by atoms with Crippen molar-refractivity contribution >= 4 is 23.5 Å². The van der Waals surface area contributed by atoms with Crippen molar-refractivity contribution in [3.05, 3.63) is 36.5 Å². The van der Waals surface area contributed by atoms with E-state index in [2.05, 4.69) is 16.7 Å². The lowest BCUT2D eigenvalue weighted by Crippen LogP contribution is -2.23. The van der Waals surface area contributed by atoms with Crippen LogP contribution >= 0.6 is 11.8 Å². The maximum atomic E-state index is 11.7. The number of nitrogens with one attached hydrogen (secondary N) is 2. The standard InChI is InChI=1S/C15H17N3OS/c16-11-20-14-7-5-13(6-8-14)18-15(19)17-10-9-12-3-1-2-4-12/h5-10,12H,1-4H2,(H2,17,18,19)/b10-9+. The molecule has 0 saturated heterocycles. The molecule has 20 heavy (non-hydrogen) atoms. The van der Waals surface area contributed by atoms with Crippen LogP contribution in [-0.2, 0) is 0 Å². The van der Waals surface area contributed by atoms with Crippen LogP contribution < -0.4 is 10.6 Å². The van der Waals surface area contributed by atoms with Gasteiger partial charge in [-0.2, -0.15) is 5.26 Å². The maximum Gasteiger partial charge on any atom is 0.323 e. The Hall–Kier alpha value is -1.93. The van der Waals surface area contributed by atoms with Gasteiger partial charge >= 0.3 is 6.03 Å². The summed E-state index contributed by atoms with van der Waals surface area (Å²) < 4.78 is 0. The lowest BCUT2D eigenvalue weighted by Gasteiger charge is -2.05. The third kappa shape index (κ3) is 4.63. The van der Waals surface area contributed by atoms with Gasteiger partial charge in [0.2, 0.25) is 0 Å². The number of nitrogens with zero attached hydrogens (tertiary/aromatic N) is 1. The number of benzene rings is 1. The zero-order valence-electron chi connectivity index (χ0n) is 11.1. The highest BCUT2D eigenvalue weighted by atomic mass is 32.2. The molecule has 0 aliphatic heterocycles. The van der Waals surface area contributed by atoms with Gasteiger partial charge in [0.1, 0.15) is 5.40 Å². The second kappa shape index (κ2) is 7.61. The number of thioether (sulfide) groups is 1. The van der Waals surface area contributed by atoms with Crippen molar-refractivity contribution in [2.24, 2.45) is 5.92 Å². The molecule has 2 rings (SSSR count). The first-order valence-electron chi connectivity index (χ1n) is 6.68. The van der Waals surface area contributed by atoms with Crippen molar-refractivity contribution in [1.82, 2.24) is 5.32 Å². The Morgan fingerprint density at radius 1 is 1.30 bits per heavy atom. The number of hydrogen-bond acceptors (Lipinski definition) is 3. The monoisotopic (exact) mass is 287 g/mol. The molecule has 1 aliphatic rings. The summed E-state index contributed by atoms with van der Waals surface area (Å²) in [6.07, 6.45) is 8.81. The number of carbonyl (C=O) groups is 1. The molecule has 0 radical (unpaired) electrons. The van der Waals surface area contributed by atoms with Crippen LogP contribution in [-0.4, -0.2) is 6.03 Å². The van der Waals surface area contributed by atoms with Crippen LogP contribution in [0, 0.1) is 16.6 Å². The van der Waals surface area contributed by atoms with Gasteiger partial charge in [-0.1, -0.05) is 18.9 Å². The van der Waals surface area contributed by atoms with Crippen molar-refractivity contribution in [2.45, 2.75) is 30.6 Å². The number of hydrogen-bond donors (Lipinski definition) is 2. The fraction of sp³-hybridized carbons (Fsp3) is 0.333. The van der Waals surface area contributed by atoms with Crippen molar-refractivity contribution in [1.29, 1.82) is 5.26 Å². The molecule has 0 spiro atoms. The SMILES string of the molecule is N#CSc1ccc(NC(=O)N/C=C/C2CCCC2)cc1. The van der Waals surface area contributed by atoms with Crippen LogP contribution in [0.15, 0.2) is 41.4 Å². The molecule has 1 aromatic carbocycles. The quantitative estimate of drug-likeness (QED) is 0.647. The highest BCUT2D eigenvalue weighted by molar-refractivity contribution is 8.03. The molecule has 1 aromatic rings. The van der Waals surface area contributed by atoms with E-state index in [0.717, 1.165) is 16.7 Å². The molecular formula is C15H17N3OS. The number of rotatable bonds is 4. The van der Waals surface area contributed by atoms with Crippen molar-refractivity contribution in [2.75, 3.05) is 5.32 Å². The van der Waals surface area contributed by atoms with Gasteiger partial charge in [0.05, 0.1) is 0 Å². The molecule has 0 bridgehead atoms. The summed E-state index contributed by atoms with van der Waals surface area (Å²) in [6.45, 7) is 0. The summed E-state index contributed by atoms with van der Waals surface area (Å²) in [6, 6.07) is 6.91. The summed E-state index contributed by atoms with van der Waals surface area (Å²) >= 11 is 1.10. The molecule has 104 valence electrons. The van der Waals surface area contributed by atoms with E-state index >= 15 is 0 Å². The van der Waals surface area contributed by atoms with Crippen LogP contribution in [0.4, 0.5) is 10.5 Å². The Kier molecular flexibility index (Phi) is 5.51. The molecule has 1 fully saturated rings. The molecule has 1 saturated carbocycles. The topological polar surface area (TPSA) is 64.9 Å². The van der Waals surface area contributed by atoms with Gasteiger partial charge in [0.15, 0.2) is 0 Å². The largest absolute Gasteiger partial charge is 0.323 e. The summed E-state index contributed by atoms with van der Waals surface area (Å²) in [5, 5.41) is 16.0. The predicted molar refractivity (Wildman–Crippen MR) is 81.2 cm³/mol. The lowest BCUT2D eigenvalue weighted by molar-refractivity contribution is 0.255. The van der Waals surface area contributed by atoms with Gasteiger partial charge in [-0.25, -0.2) is 4.79 Å². The van der Waals surface area contributed by atoms with Gasteiger partial charge in [-0.3, -0.25) is 0 Å². The molecule has 1 aliphatic carbocycles. The second-order valence-electron chi connectivity index (χ2n) is 4.72. The van der Waals surface area contributed by atoms with Gasteiger partial charge in [-0.05, 0) is 54.8 Å². The third-order valence-electron chi connectivity index (χ3n) is 3.26. The Morgan fingerprint density at radius 2 is 2.00 bits per heavy atom. The van der Waals surface area contributed by atoms with Gasteiger partial charge in [0, 0.05) is 16.8 Å². The van der Waals surface area contributed by atoms with Crippen molar-refractivity contribution in [3.8, 4) is 5.40 Å². The van der Waals surface area contributed by atoms with Gasteiger partial charge in [-0.15, -0.1) is 0 Å². The molecule has 2 amide bonds. The third-order valence-corrected chi connectivity index (χ3v) is 3.86. The first-order chi connectivity index (χ1) is 9.78. The molecule has 2 N–H and O–H groups in total. The zero-order chi connectivity index (χ0) is 14.2. The number of carbonyl (C=O) groups excluding carboxylic acids is 1. The first kappa shape index (κ1) is 14.5. The number of amides is 2. The number of nitriles is 1. The fourth-order valence-electron chi connectivity index (χ4n) is 2.24. The molecule has 0 atom stereocenters. The predicted octanol–water partition coefficient (Wildman–Crippen LogP) is 4.09. The lowest BCUT2D eigenvalue weighted by atomic mass is 10.1. The van der Waals surface area contributed by atoms with E-state index in [0.29, 0.717) is 11.6 Å². The summed E-state index contributed by atoms with van der Waals surface area (Å²) in [5.74, 6) is 0.609. The maximum absolute atomic E-state index is 11.7. The Balaban J connectivity index is 1.77. The van der Waals surface area contributed by atoms with Crippen LogP contribution in [0.25, 0.3) is 0 Å². The van der Waals surface area contributed by atoms with Gasteiger partial charge in [0.25, 0.3) is 0 Å². The van der Waals surface area contributed by atoms with Gasteiger partial charge < -0.3 is 10.6 Å². The molecule has 0 heterocycles. The number of allylic oxidation sites excluding steroid dienone is 1.